The van der Waals surface area contributed by atoms with Gasteiger partial charge in [0.05, 0.1) is 11.8 Å². The van der Waals surface area contributed by atoms with E-state index < -0.39 is 0 Å². The highest BCUT2D eigenvalue weighted by atomic mass is 16.3. The van der Waals surface area contributed by atoms with E-state index in [1.807, 2.05) is 57.2 Å². The van der Waals surface area contributed by atoms with Gasteiger partial charge in [0.15, 0.2) is 0 Å². The molecule has 0 spiro atoms. The van der Waals surface area contributed by atoms with Gasteiger partial charge < -0.3 is 10.4 Å². The van der Waals surface area contributed by atoms with E-state index in [0.29, 0.717) is 25.2 Å². The van der Waals surface area contributed by atoms with Gasteiger partial charge in [0.1, 0.15) is 5.82 Å². The number of nitrogens with one attached hydrogen (secondary N) is 2. The van der Waals surface area contributed by atoms with E-state index in [9.17, 15) is 9.90 Å². The van der Waals surface area contributed by atoms with Gasteiger partial charge in [-0.3, -0.25) is 5.32 Å². The molecule has 6 nitrogen and oxygen atoms in total. The molecule has 1 aromatic heterocycles. The number of carbonyl (C=O) groups is 1. The lowest BCUT2D eigenvalue weighted by molar-refractivity contribution is 0.160. The van der Waals surface area contributed by atoms with Gasteiger partial charge in [-0.2, -0.15) is 5.10 Å². The third-order valence-electron chi connectivity index (χ3n) is 3.77. The number of aliphatic hydroxyl groups is 1. The molecule has 3 N–H and O–H groups in total. The Hall–Kier alpha value is -2.34. The van der Waals surface area contributed by atoms with Crippen LogP contribution >= 0.6 is 0 Å². The minimum atomic E-state index is -0.379. The molecule has 2 rings (SSSR count). The van der Waals surface area contributed by atoms with Crippen LogP contribution in [-0.4, -0.2) is 33.6 Å². The van der Waals surface area contributed by atoms with Crippen LogP contribution in [0.2, 0.25) is 0 Å². The van der Waals surface area contributed by atoms with E-state index in [-0.39, 0.29) is 18.2 Å². The summed E-state index contributed by atoms with van der Waals surface area (Å²) in [4.78, 5) is 12.1. The predicted molar refractivity (Wildman–Crippen MR) is 96.0 cm³/mol. The van der Waals surface area contributed by atoms with Gasteiger partial charge in [0.25, 0.3) is 0 Å². The molecule has 0 saturated carbocycles. The highest BCUT2D eigenvalue weighted by Gasteiger charge is 2.14. The second-order valence-electron chi connectivity index (χ2n) is 6.05. The smallest absolute Gasteiger partial charge is 0.320 e. The van der Waals surface area contributed by atoms with Crippen molar-refractivity contribution in [3.8, 4) is 11.3 Å². The Labute approximate surface area is 142 Å². The second-order valence-corrected chi connectivity index (χ2v) is 6.05. The predicted octanol–water partition coefficient (Wildman–Crippen LogP) is 3.41. The van der Waals surface area contributed by atoms with E-state index in [4.69, 9.17) is 0 Å². The molecule has 6 heteroatoms. The van der Waals surface area contributed by atoms with Crippen LogP contribution in [0.15, 0.2) is 36.4 Å². The van der Waals surface area contributed by atoms with Crippen molar-refractivity contribution in [1.29, 1.82) is 0 Å². The summed E-state index contributed by atoms with van der Waals surface area (Å²) in [5.74, 6) is 0.650. The lowest BCUT2D eigenvalue weighted by Crippen LogP contribution is -2.32. The van der Waals surface area contributed by atoms with Crippen LogP contribution in [0, 0.1) is 0 Å². The largest absolute Gasteiger partial charge is 0.393 e. The first-order valence-electron chi connectivity index (χ1n) is 8.39. The Bertz CT molecular complexity index is 652. The van der Waals surface area contributed by atoms with Crippen LogP contribution in [0.4, 0.5) is 10.6 Å². The summed E-state index contributed by atoms with van der Waals surface area (Å²) in [7, 11) is 0. The van der Waals surface area contributed by atoms with Crippen molar-refractivity contribution in [3.05, 3.63) is 36.4 Å². The first-order valence-corrected chi connectivity index (χ1v) is 8.39. The zero-order valence-electron chi connectivity index (χ0n) is 14.5. The zero-order valence-corrected chi connectivity index (χ0v) is 14.5. The first kappa shape index (κ1) is 18.0. The van der Waals surface area contributed by atoms with Crippen LogP contribution in [-0.2, 0) is 0 Å². The number of anilines is 1. The Kier molecular flexibility index (Phi) is 6.37. The molecule has 0 aliphatic carbocycles. The van der Waals surface area contributed by atoms with Crippen molar-refractivity contribution in [2.45, 2.75) is 45.8 Å². The fourth-order valence-corrected chi connectivity index (χ4v) is 2.35. The van der Waals surface area contributed by atoms with Gasteiger partial charge >= 0.3 is 6.03 Å². The maximum atomic E-state index is 12.1. The van der Waals surface area contributed by atoms with E-state index in [0.717, 1.165) is 11.3 Å². The second kappa shape index (κ2) is 8.49. The van der Waals surface area contributed by atoms with E-state index >= 15 is 0 Å². The van der Waals surface area contributed by atoms with Crippen molar-refractivity contribution in [3.63, 3.8) is 0 Å². The van der Waals surface area contributed by atoms with Crippen molar-refractivity contribution >= 4 is 11.8 Å². The molecule has 0 bridgehead atoms. The lowest BCUT2D eigenvalue weighted by atomic mass is 10.2. The van der Waals surface area contributed by atoms with Crippen molar-refractivity contribution in [1.82, 2.24) is 15.1 Å². The van der Waals surface area contributed by atoms with E-state index in [1.54, 1.807) is 4.68 Å². The number of nitrogens with zero attached hydrogens (tertiary/aromatic N) is 2. The Balaban J connectivity index is 2.06. The first-order chi connectivity index (χ1) is 11.5. The summed E-state index contributed by atoms with van der Waals surface area (Å²) >= 11 is 0. The minimum absolute atomic E-state index is 0.125. The fraction of sp³-hybridized carbons (Fsp3) is 0.444. The highest BCUT2D eigenvalue weighted by molar-refractivity contribution is 5.89. The molecule has 0 saturated heterocycles. The number of amides is 2. The van der Waals surface area contributed by atoms with Crippen molar-refractivity contribution < 1.29 is 9.90 Å². The van der Waals surface area contributed by atoms with E-state index in [1.165, 1.54) is 0 Å². The molecular weight excluding hydrogens is 304 g/mol. The van der Waals surface area contributed by atoms with Crippen LogP contribution in [0.5, 0.6) is 0 Å². The molecule has 2 amide bonds. The SMILES string of the molecule is CCC(O)CCNC(=O)Nc1cc(-c2ccccc2)nn1C(C)C. The van der Waals surface area contributed by atoms with Crippen LogP contribution in [0.3, 0.4) is 0 Å². The maximum Gasteiger partial charge on any atom is 0.320 e. The summed E-state index contributed by atoms with van der Waals surface area (Å²) < 4.78 is 1.79. The lowest BCUT2D eigenvalue weighted by Gasteiger charge is -2.13. The van der Waals surface area contributed by atoms with Crippen LogP contribution < -0.4 is 10.6 Å². The highest BCUT2D eigenvalue weighted by Crippen LogP contribution is 2.24. The third kappa shape index (κ3) is 4.83. The number of carbonyl (C=O) groups excluding carboxylic acids is 1. The molecule has 1 aromatic carbocycles. The number of rotatable bonds is 7. The molecule has 0 aliphatic rings. The zero-order chi connectivity index (χ0) is 17.5. The standard InChI is InChI=1S/C18H26N4O2/c1-4-15(23)10-11-19-18(24)20-17-12-16(21-22(17)13(2)3)14-8-6-5-7-9-14/h5-9,12-13,15,23H,4,10-11H2,1-3H3,(H2,19,20,24). The minimum Gasteiger partial charge on any atom is -0.393 e. The Morgan fingerprint density at radius 2 is 2.00 bits per heavy atom. The molecule has 130 valence electrons. The van der Waals surface area contributed by atoms with Gasteiger partial charge in [-0.1, -0.05) is 37.3 Å². The number of urea groups is 1. The number of aliphatic hydroxyl groups excluding tert-OH is 1. The quantitative estimate of drug-likeness (QED) is 0.728. The summed E-state index contributed by atoms with van der Waals surface area (Å²) in [5, 5.41) is 19.7. The van der Waals surface area contributed by atoms with Gasteiger partial charge in [-0.25, -0.2) is 9.48 Å². The number of hydrogen-bond donors (Lipinski definition) is 3. The third-order valence-corrected chi connectivity index (χ3v) is 3.77. The Morgan fingerprint density at radius 3 is 2.62 bits per heavy atom. The number of hydrogen-bond acceptors (Lipinski definition) is 3. The average Bonchev–Trinajstić information content (AvgIpc) is 2.99. The molecule has 0 fully saturated rings. The summed E-state index contributed by atoms with van der Waals surface area (Å²) in [6, 6.07) is 11.6. The fourth-order valence-electron chi connectivity index (χ4n) is 2.35. The molecule has 2 aromatic rings. The monoisotopic (exact) mass is 330 g/mol. The topological polar surface area (TPSA) is 79.2 Å². The Morgan fingerprint density at radius 1 is 1.29 bits per heavy atom. The summed E-state index contributed by atoms with van der Waals surface area (Å²) in [6.07, 6.45) is 0.850. The van der Waals surface area contributed by atoms with Gasteiger partial charge in [0, 0.05) is 24.2 Å². The molecule has 1 unspecified atom stereocenters. The summed E-state index contributed by atoms with van der Waals surface area (Å²) in [6.45, 7) is 6.38. The molecule has 1 heterocycles. The average molecular weight is 330 g/mol. The normalized spacial score (nSPS) is 12.2. The number of aromatic nitrogens is 2. The maximum absolute atomic E-state index is 12.1. The van der Waals surface area contributed by atoms with Gasteiger partial charge in [-0.05, 0) is 26.7 Å². The van der Waals surface area contributed by atoms with E-state index in [2.05, 4.69) is 15.7 Å². The molecule has 1 atom stereocenters. The van der Waals surface area contributed by atoms with Crippen LogP contribution in [0.25, 0.3) is 11.3 Å². The molecule has 0 aliphatic heterocycles. The molecule has 24 heavy (non-hydrogen) atoms. The van der Waals surface area contributed by atoms with Crippen LogP contribution in [0.1, 0.15) is 39.7 Å². The summed E-state index contributed by atoms with van der Waals surface area (Å²) in [5.41, 5.74) is 1.83. The van der Waals surface area contributed by atoms with Crippen molar-refractivity contribution in [2.75, 3.05) is 11.9 Å². The van der Waals surface area contributed by atoms with Crippen molar-refractivity contribution in [2.24, 2.45) is 0 Å². The molecule has 0 radical (unpaired) electrons. The van der Waals surface area contributed by atoms with Gasteiger partial charge in [-0.15, -0.1) is 0 Å². The van der Waals surface area contributed by atoms with Gasteiger partial charge in [0.2, 0.25) is 0 Å². The number of benzene rings is 1. The molecular formula is C18H26N4O2.